The Bertz CT molecular complexity index is 954. The number of nitrogens with zero attached hydrogens (tertiary/aromatic N) is 1. The number of rotatable bonds is 4. The number of benzene rings is 2. The first-order valence-corrected chi connectivity index (χ1v) is 8.34. The van der Waals surface area contributed by atoms with Gasteiger partial charge >= 0.3 is 0 Å². The van der Waals surface area contributed by atoms with Crippen LogP contribution in [0, 0.1) is 0 Å². The second kappa shape index (κ2) is 6.13. The maximum Gasteiger partial charge on any atom is 0.165 e. The average Bonchev–Trinajstić information content (AvgIpc) is 3.16. The highest BCUT2D eigenvalue weighted by Gasteiger charge is 2.33. The van der Waals surface area contributed by atoms with E-state index in [0.29, 0.717) is 0 Å². The number of carbonyl (C=O) groups is 1. The van der Waals surface area contributed by atoms with Crippen LogP contribution in [0.2, 0.25) is 0 Å². The molecule has 1 aliphatic carbocycles. The lowest BCUT2D eigenvalue weighted by Crippen LogP contribution is -2.25. The molecule has 4 heteroatoms. The third-order valence-electron chi connectivity index (χ3n) is 4.82. The Morgan fingerprint density at radius 2 is 1.84 bits per heavy atom. The molecule has 4 nitrogen and oxygen atoms in total. The molecule has 0 radical (unpaired) electrons. The summed E-state index contributed by atoms with van der Waals surface area (Å²) in [5, 5.41) is 4.61. The Morgan fingerprint density at radius 1 is 1.08 bits per heavy atom. The molecule has 4 rings (SSSR count). The van der Waals surface area contributed by atoms with Crippen molar-refractivity contribution in [1.82, 2.24) is 4.57 Å². The van der Waals surface area contributed by atoms with E-state index in [1.54, 1.807) is 13.2 Å². The summed E-state index contributed by atoms with van der Waals surface area (Å²) in [5.74, 6) is 0.741. The van der Waals surface area contributed by atoms with Crippen LogP contribution in [0.3, 0.4) is 0 Å². The maximum absolute atomic E-state index is 12.6. The SMILES string of the molecule is COc1ccc(N[C@H]2C=CC(=O)[C@@H]2c2cn(C)c3ccccc23)cc1. The van der Waals surface area contributed by atoms with E-state index in [2.05, 4.69) is 28.2 Å². The number of aromatic nitrogens is 1. The molecule has 1 heterocycles. The van der Waals surface area contributed by atoms with Gasteiger partial charge in [0.25, 0.3) is 0 Å². The van der Waals surface area contributed by atoms with Crippen molar-refractivity contribution in [2.45, 2.75) is 12.0 Å². The quantitative estimate of drug-likeness (QED) is 0.788. The normalized spacial score (nSPS) is 19.5. The minimum absolute atomic E-state index is 0.0632. The summed E-state index contributed by atoms with van der Waals surface area (Å²) in [6.45, 7) is 0. The number of anilines is 1. The molecule has 0 saturated carbocycles. The molecular formula is C21H20N2O2. The molecule has 126 valence electrons. The van der Waals surface area contributed by atoms with E-state index in [-0.39, 0.29) is 17.7 Å². The second-order valence-electron chi connectivity index (χ2n) is 6.35. The highest BCUT2D eigenvalue weighted by molar-refractivity contribution is 6.02. The standard InChI is InChI=1S/C21H20N2O2/c1-23-13-17(16-5-3-4-6-19(16)23)21-18(11-12-20(21)24)22-14-7-9-15(25-2)10-8-14/h3-13,18,21-22H,1-2H3/t18-,21+/m0/s1. The lowest BCUT2D eigenvalue weighted by molar-refractivity contribution is -0.115. The molecule has 2 atom stereocenters. The average molecular weight is 332 g/mol. The lowest BCUT2D eigenvalue weighted by atomic mass is 9.92. The van der Waals surface area contributed by atoms with Crippen molar-refractivity contribution in [3.05, 3.63) is 72.4 Å². The molecule has 0 bridgehead atoms. The van der Waals surface area contributed by atoms with Crippen molar-refractivity contribution in [1.29, 1.82) is 0 Å². The van der Waals surface area contributed by atoms with E-state index in [9.17, 15) is 4.79 Å². The Balaban J connectivity index is 1.68. The zero-order valence-corrected chi connectivity index (χ0v) is 14.3. The van der Waals surface area contributed by atoms with Gasteiger partial charge in [-0.25, -0.2) is 0 Å². The zero-order chi connectivity index (χ0) is 17.4. The summed E-state index contributed by atoms with van der Waals surface area (Å²) in [6, 6.07) is 15.9. The summed E-state index contributed by atoms with van der Waals surface area (Å²) in [4.78, 5) is 12.6. The van der Waals surface area contributed by atoms with E-state index >= 15 is 0 Å². The monoisotopic (exact) mass is 332 g/mol. The van der Waals surface area contributed by atoms with Gasteiger partial charge in [0.15, 0.2) is 5.78 Å². The molecule has 1 N–H and O–H groups in total. The molecule has 1 aromatic heterocycles. The van der Waals surface area contributed by atoms with Crippen molar-refractivity contribution in [2.75, 3.05) is 12.4 Å². The Morgan fingerprint density at radius 3 is 2.60 bits per heavy atom. The van der Waals surface area contributed by atoms with E-state index in [4.69, 9.17) is 4.74 Å². The molecule has 2 aromatic carbocycles. The van der Waals surface area contributed by atoms with Crippen molar-refractivity contribution in [3.8, 4) is 5.75 Å². The number of methoxy groups -OCH3 is 1. The molecule has 0 fully saturated rings. The topological polar surface area (TPSA) is 43.3 Å². The van der Waals surface area contributed by atoms with Crippen LogP contribution < -0.4 is 10.1 Å². The van der Waals surface area contributed by atoms with Gasteiger partial charge in [-0.1, -0.05) is 24.3 Å². The number of hydrogen-bond donors (Lipinski definition) is 1. The number of carbonyl (C=O) groups excluding carboxylic acids is 1. The molecule has 0 aliphatic heterocycles. The Hall–Kier alpha value is -3.01. The van der Waals surface area contributed by atoms with Crippen molar-refractivity contribution in [3.63, 3.8) is 0 Å². The molecular weight excluding hydrogens is 312 g/mol. The Kier molecular flexibility index (Phi) is 3.80. The number of nitrogens with one attached hydrogen (secondary N) is 1. The first-order valence-electron chi connectivity index (χ1n) is 8.34. The highest BCUT2D eigenvalue weighted by Crippen LogP contribution is 2.35. The third-order valence-corrected chi connectivity index (χ3v) is 4.82. The summed E-state index contributed by atoms with van der Waals surface area (Å²) < 4.78 is 7.28. The number of fused-ring (bicyclic) bond motifs is 1. The number of aryl methyl sites for hydroxylation is 1. The predicted octanol–water partition coefficient (Wildman–Crippen LogP) is 3.89. The number of allylic oxidation sites excluding steroid dienone is 1. The zero-order valence-electron chi connectivity index (χ0n) is 14.3. The smallest absolute Gasteiger partial charge is 0.165 e. The third kappa shape index (κ3) is 2.70. The minimum atomic E-state index is -0.215. The predicted molar refractivity (Wildman–Crippen MR) is 100 cm³/mol. The maximum atomic E-state index is 12.6. The fourth-order valence-electron chi connectivity index (χ4n) is 3.57. The van der Waals surface area contributed by atoms with Gasteiger partial charge < -0.3 is 14.6 Å². The van der Waals surface area contributed by atoms with Crippen LogP contribution in [0.15, 0.2) is 66.9 Å². The van der Waals surface area contributed by atoms with E-state index in [0.717, 1.165) is 27.9 Å². The molecule has 0 amide bonds. The first-order chi connectivity index (χ1) is 12.2. The highest BCUT2D eigenvalue weighted by atomic mass is 16.5. The van der Waals surface area contributed by atoms with E-state index in [1.807, 2.05) is 49.5 Å². The van der Waals surface area contributed by atoms with Gasteiger partial charge in [0, 0.05) is 29.8 Å². The summed E-state index contributed by atoms with van der Waals surface area (Å²) in [7, 11) is 3.67. The minimum Gasteiger partial charge on any atom is -0.497 e. The van der Waals surface area contributed by atoms with Gasteiger partial charge in [-0.3, -0.25) is 4.79 Å². The van der Waals surface area contributed by atoms with E-state index < -0.39 is 0 Å². The summed E-state index contributed by atoms with van der Waals surface area (Å²) >= 11 is 0. The van der Waals surface area contributed by atoms with Gasteiger partial charge in [0.1, 0.15) is 5.75 Å². The van der Waals surface area contributed by atoms with Crippen LogP contribution in [0.4, 0.5) is 5.69 Å². The largest absolute Gasteiger partial charge is 0.497 e. The molecule has 0 spiro atoms. The van der Waals surface area contributed by atoms with Crippen molar-refractivity contribution >= 4 is 22.4 Å². The summed E-state index contributed by atoms with van der Waals surface area (Å²) in [6.07, 6.45) is 5.72. The van der Waals surface area contributed by atoms with Crippen LogP contribution in [0.5, 0.6) is 5.75 Å². The van der Waals surface area contributed by atoms with Crippen molar-refractivity contribution < 1.29 is 9.53 Å². The molecule has 1 aliphatic rings. The van der Waals surface area contributed by atoms with Crippen LogP contribution in [0.25, 0.3) is 10.9 Å². The van der Waals surface area contributed by atoms with Gasteiger partial charge in [0.2, 0.25) is 0 Å². The van der Waals surface area contributed by atoms with Crippen LogP contribution in [-0.2, 0) is 11.8 Å². The first kappa shape index (κ1) is 15.5. The number of ketones is 1. The van der Waals surface area contributed by atoms with Crippen LogP contribution in [-0.4, -0.2) is 23.5 Å². The second-order valence-corrected chi connectivity index (χ2v) is 6.35. The Labute approximate surface area is 146 Å². The molecule has 0 unspecified atom stereocenters. The lowest BCUT2D eigenvalue weighted by Gasteiger charge is -2.20. The molecule has 25 heavy (non-hydrogen) atoms. The fourth-order valence-corrected chi connectivity index (χ4v) is 3.57. The van der Waals surface area contributed by atoms with Gasteiger partial charge in [-0.15, -0.1) is 0 Å². The van der Waals surface area contributed by atoms with E-state index in [1.165, 1.54) is 0 Å². The van der Waals surface area contributed by atoms with Gasteiger partial charge in [0.05, 0.1) is 19.1 Å². The van der Waals surface area contributed by atoms with Crippen LogP contribution in [0.1, 0.15) is 11.5 Å². The van der Waals surface area contributed by atoms with Crippen molar-refractivity contribution in [2.24, 2.45) is 7.05 Å². The van der Waals surface area contributed by atoms with Gasteiger partial charge in [-0.2, -0.15) is 0 Å². The van der Waals surface area contributed by atoms with Gasteiger partial charge in [-0.05, 0) is 42.0 Å². The number of ether oxygens (including phenoxy) is 1. The molecule has 3 aromatic rings. The summed E-state index contributed by atoms with van der Waals surface area (Å²) in [5.41, 5.74) is 3.18. The number of para-hydroxylation sites is 1. The number of hydrogen-bond acceptors (Lipinski definition) is 3. The fraction of sp³-hybridized carbons (Fsp3) is 0.190. The van der Waals surface area contributed by atoms with Crippen LogP contribution >= 0.6 is 0 Å². The molecule has 0 saturated heterocycles.